The molecule has 0 aliphatic carbocycles. The Kier molecular flexibility index (Phi) is 2.08. The molecule has 76 valence electrons. The van der Waals surface area contributed by atoms with Crippen LogP contribution >= 0.6 is 11.6 Å². The Hall–Kier alpha value is -1.42. The lowest BCUT2D eigenvalue weighted by atomic mass is 10.2. The molecule has 0 unspecified atom stereocenters. The third-order valence-corrected chi connectivity index (χ3v) is 1.97. The quantitative estimate of drug-likeness (QED) is 0.816. The number of carboxylic acids is 1. The number of aromatic carboxylic acids is 1. The minimum absolute atomic E-state index is 0.000625. The van der Waals surface area contributed by atoms with Gasteiger partial charge in [0.05, 0.1) is 17.8 Å². The Bertz CT molecular complexity index is 448. The fraction of sp³-hybridized carbons (Fsp3) is 0.222. The van der Waals surface area contributed by atoms with Crippen LogP contribution in [0, 0.1) is 0 Å². The van der Waals surface area contributed by atoms with Crippen molar-refractivity contribution in [3.8, 4) is 5.75 Å². The summed E-state index contributed by atoms with van der Waals surface area (Å²) in [5.41, 5.74) is -0.0397. The van der Waals surface area contributed by atoms with Gasteiger partial charge in [-0.1, -0.05) is 11.6 Å². The molecule has 1 rings (SSSR count). The summed E-state index contributed by atoms with van der Waals surface area (Å²) in [5, 5.41) is 11.1. The number of carboxylic acid groups (broad SMARTS) is 1. The van der Waals surface area contributed by atoms with Gasteiger partial charge in [0.15, 0.2) is 0 Å². The minimum Gasteiger partial charge on any atom is -0.496 e. The van der Waals surface area contributed by atoms with Crippen molar-refractivity contribution in [2.45, 2.75) is 0 Å². The van der Waals surface area contributed by atoms with Crippen molar-refractivity contribution in [3.05, 3.63) is 22.7 Å². The number of nitrogens with one attached hydrogen (secondary N) is 1. The third-order valence-electron chi connectivity index (χ3n) is 1.65. The van der Waals surface area contributed by atoms with Crippen molar-refractivity contribution < 1.29 is 18.8 Å². The van der Waals surface area contributed by atoms with Crippen LogP contribution in [0.25, 0.3) is 0 Å². The number of rotatable bonds is 3. The monoisotopic (exact) mass is 218 g/mol. The molecular formula is C9H10ClNO3. The summed E-state index contributed by atoms with van der Waals surface area (Å²) in [5.74, 6) is -1.17. The first-order valence-electron chi connectivity index (χ1n) is 5.13. The Labute approximate surface area is 90.7 Å². The Morgan fingerprint density at radius 3 is 2.93 bits per heavy atom. The maximum atomic E-state index is 10.9. The summed E-state index contributed by atoms with van der Waals surface area (Å²) < 4.78 is 26.0. The highest BCUT2D eigenvalue weighted by Crippen LogP contribution is 2.30. The van der Waals surface area contributed by atoms with Crippen LogP contribution < -0.4 is 10.1 Å². The van der Waals surface area contributed by atoms with Gasteiger partial charge in [0.1, 0.15) is 11.3 Å². The fourth-order valence-electron chi connectivity index (χ4n) is 0.985. The number of ether oxygens (including phenoxy) is 1. The molecule has 0 bridgehead atoms. The molecule has 0 amide bonds. The lowest BCUT2D eigenvalue weighted by Crippen LogP contribution is -2.02. The van der Waals surface area contributed by atoms with Crippen LogP contribution in [0.2, 0.25) is 5.02 Å². The maximum absolute atomic E-state index is 10.9. The van der Waals surface area contributed by atoms with E-state index in [0.717, 1.165) is 6.07 Å². The van der Waals surface area contributed by atoms with E-state index in [2.05, 4.69) is 5.32 Å². The van der Waals surface area contributed by atoms with Crippen LogP contribution in [-0.2, 0) is 0 Å². The molecule has 0 fully saturated rings. The lowest BCUT2D eigenvalue weighted by Gasteiger charge is -2.09. The van der Waals surface area contributed by atoms with Crippen LogP contribution in [0.3, 0.4) is 0 Å². The fourth-order valence-corrected chi connectivity index (χ4v) is 1.20. The predicted octanol–water partition coefficient (Wildman–Crippen LogP) is 2.09. The first kappa shape index (κ1) is 6.95. The molecule has 2 N–H and O–H groups in total. The summed E-state index contributed by atoms with van der Waals surface area (Å²) in [4.78, 5) is 10.9. The lowest BCUT2D eigenvalue weighted by molar-refractivity contribution is 0.0693. The zero-order chi connectivity index (χ0) is 13.2. The summed E-state index contributed by atoms with van der Waals surface area (Å²) >= 11 is 5.78. The molecule has 5 heteroatoms. The number of halogens is 1. The molecule has 0 aromatic heterocycles. The minimum atomic E-state index is -2.42. The van der Waals surface area contributed by atoms with Crippen molar-refractivity contribution in [3.63, 3.8) is 0 Å². The number of methoxy groups -OCH3 is 1. The molecule has 0 saturated heterocycles. The number of anilines is 1. The molecular weight excluding hydrogens is 206 g/mol. The summed E-state index contributed by atoms with van der Waals surface area (Å²) in [6.45, 7) is -2.42. The average molecular weight is 219 g/mol. The van der Waals surface area contributed by atoms with Crippen molar-refractivity contribution >= 4 is 23.3 Å². The van der Waals surface area contributed by atoms with Gasteiger partial charge in [-0.05, 0) is 6.07 Å². The molecule has 0 saturated carbocycles. The second kappa shape index (κ2) is 4.19. The summed E-state index contributed by atoms with van der Waals surface area (Å²) in [7, 11) is 1.29. The number of hydrogen-bond acceptors (Lipinski definition) is 3. The molecule has 0 spiro atoms. The highest BCUT2D eigenvalue weighted by molar-refractivity contribution is 6.33. The van der Waals surface area contributed by atoms with E-state index in [0.29, 0.717) is 0 Å². The SMILES string of the molecule is [2H]C([2H])([2H])Nc1cc(OC)c(C(=O)O)cc1Cl. The topological polar surface area (TPSA) is 58.6 Å². The van der Waals surface area contributed by atoms with Crippen LogP contribution in [-0.4, -0.2) is 25.2 Å². The first-order chi connectivity index (χ1) is 7.74. The van der Waals surface area contributed by atoms with Crippen LogP contribution in [0.1, 0.15) is 14.5 Å². The standard InChI is InChI=1S/C9H10ClNO3/c1-11-7-4-8(14-2)5(9(12)13)3-6(7)10/h3-4,11H,1-2H3,(H,12,13)/i1D3. The van der Waals surface area contributed by atoms with Crippen molar-refractivity contribution in [1.82, 2.24) is 0 Å². The van der Waals surface area contributed by atoms with Gasteiger partial charge in [-0.3, -0.25) is 0 Å². The molecule has 1 aromatic carbocycles. The Morgan fingerprint density at radius 1 is 1.71 bits per heavy atom. The van der Waals surface area contributed by atoms with Crippen LogP contribution in [0.5, 0.6) is 5.75 Å². The zero-order valence-corrected chi connectivity index (χ0v) is 8.05. The molecule has 14 heavy (non-hydrogen) atoms. The van der Waals surface area contributed by atoms with Gasteiger partial charge in [-0.25, -0.2) is 4.79 Å². The Morgan fingerprint density at radius 2 is 2.43 bits per heavy atom. The van der Waals surface area contributed by atoms with Crippen molar-refractivity contribution in [2.75, 3.05) is 19.4 Å². The Balaban J connectivity index is 3.23. The third kappa shape index (κ3) is 1.90. The van der Waals surface area contributed by atoms with Gasteiger partial charge in [0.2, 0.25) is 0 Å². The smallest absolute Gasteiger partial charge is 0.339 e. The van der Waals surface area contributed by atoms with E-state index in [-0.39, 0.29) is 22.0 Å². The van der Waals surface area contributed by atoms with Crippen molar-refractivity contribution in [2.24, 2.45) is 0 Å². The van der Waals surface area contributed by atoms with Gasteiger partial charge in [-0.15, -0.1) is 0 Å². The largest absolute Gasteiger partial charge is 0.496 e. The summed E-state index contributed by atoms with van der Waals surface area (Å²) in [6, 6.07) is 2.37. The highest BCUT2D eigenvalue weighted by Gasteiger charge is 2.13. The normalized spacial score (nSPS) is 13.7. The molecule has 0 aliphatic heterocycles. The van der Waals surface area contributed by atoms with E-state index in [1.807, 2.05) is 0 Å². The van der Waals surface area contributed by atoms with Crippen LogP contribution in [0.15, 0.2) is 12.1 Å². The summed E-state index contributed by atoms with van der Waals surface area (Å²) in [6.07, 6.45) is 0. The van der Waals surface area contributed by atoms with E-state index in [9.17, 15) is 4.79 Å². The second-order valence-corrected chi connectivity index (χ2v) is 2.87. The van der Waals surface area contributed by atoms with E-state index in [1.165, 1.54) is 13.2 Å². The van der Waals surface area contributed by atoms with E-state index in [1.54, 1.807) is 0 Å². The van der Waals surface area contributed by atoms with Gasteiger partial charge >= 0.3 is 5.97 Å². The molecule has 4 nitrogen and oxygen atoms in total. The van der Waals surface area contributed by atoms with Gasteiger partial charge in [-0.2, -0.15) is 0 Å². The van der Waals surface area contributed by atoms with Gasteiger partial charge in [0.25, 0.3) is 0 Å². The highest BCUT2D eigenvalue weighted by atomic mass is 35.5. The molecule has 1 aromatic rings. The van der Waals surface area contributed by atoms with Gasteiger partial charge < -0.3 is 15.2 Å². The number of carbonyl (C=O) groups is 1. The van der Waals surface area contributed by atoms with Gasteiger partial charge in [0, 0.05) is 17.2 Å². The predicted molar refractivity (Wildman–Crippen MR) is 54.5 cm³/mol. The zero-order valence-electron chi connectivity index (χ0n) is 10.3. The first-order valence-corrected chi connectivity index (χ1v) is 4.01. The molecule has 0 heterocycles. The molecule has 0 radical (unpaired) electrons. The van der Waals surface area contributed by atoms with Crippen LogP contribution in [0.4, 0.5) is 5.69 Å². The second-order valence-electron chi connectivity index (χ2n) is 2.46. The van der Waals surface area contributed by atoms with E-state index < -0.39 is 12.9 Å². The maximum Gasteiger partial charge on any atom is 0.339 e. The number of benzene rings is 1. The molecule has 0 aliphatic rings. The average Bonchev–Trinajstić information content (AvgIpc) is 2.18. The molecule has 0 atom stereocenters. The van der Waals surface area contributed by atoms with E-state index >= 15 is 0 Å². The number of hydrogen-bond donors (Lipinski definition) is 2. The van der Waals surface area contributed by atoms with Crippen molar-refractivity contribution in [1.29, 1.82) is 0 Å². The van der Waals surface area contributed by atoms with E-state index in [4.69, 9.17) is 25.6 Å².